The predicted molar refractivity (Wildman–Crippen MR) is 109 cm³/mol. The summed E-state index contributed by atoms with van der Waals surface area (Å²) in [4.78, 5) is 37.9. The molecule has 0 radical (unpaired) electrons. The quantitative estimate of drug-likeness (QED) is 0.485. The van der Waals surface area contributed by atoms with Crippen molar-refractivity contribution in [1.82, 2.24) is 9.80 Å². The summed E-state index contributed by atoms with van der Waals surface area (Å²) in [5.74, 6) is -1.52. The third-order valence-corrected chi connectivity index (χ3v) is 6.19. The molecule has 1 heterocycles. The number of amides is 2. The minimum Gasteiger partial charge on any atom is -0.335 e. The largest absolute Gasteiger partial charge is 0.417 e. The summed E-state index contributed by atoms with van der Waals surface area (Å²) < 4.78 is 63.3. The minimum atomic E-state index is -4.70. The molecule has 1 aliphatic heterocycles. The van der Waals surface area contributed by atoms with E-state index in [1.165, 1.54) is 21.9 Å². The number of nitrogens with zero attached hydrogens (tertiary/aromatic N) is 3. The summed E-state index contributed by atoms with van der Waals surface area (Å²) >= 11 is 0. The highest BCUT2D eigenvalue weighted by molar-refractivity contribution is 7.90. The van der Waals surface area contributed by atoms with E-state index in [0.717, 1.165) is 36.6 Å². The number of hydrogen-bond acceptors (Lipinski definition) is 6. The first-order valence-electron chi connectivity index (χ1n) is 9.53. The zero-order valence-electron chi connectivity index (χ0n) is 17.2. The van der Waals surface area contributed by atoms with Gasteiger partial charge in [0.05, 0.1) is 20.9 Å². The molecule has 33 heavy (non-hydrogen) atoms. The lowest BCUT2D eigenvalue weighted by Crippen LogP contribution is -2.50. The van der Waals surface area contributed by atoms with Crippen molar-refractivity contribution >= 4 is 27.3 Å². The molecule has 0 unspecified atom stereocenters. The van der Waals surface area contributed by atoms with Crippen molar-refractivity contribution in [3.05, 3.63) is 69.3 Å². The number of nitro groups is 1. The average Bonchev–Trinajstić information content (AvgIpc) is 2.76. The van der Waals surface area contributed by atoms with Gasteiger partial charge < -0.3 is 9.80 Å². The van der Waals surface area contributed by atoms with Gasteiger partial charge in [-0.05, 0) is 18.2 Å². The van der Waals surface area contributed by atoms with Crippen molar-refractivity contribution < 1.29 is 36.1 Å². The van der Waals surface area contributed by atoms with Crippen LogP contribution in [0, 0.1) is 10.1 Å². The Morgan fingerprint density at radius 3 is 2.03 bits per heavy atom. The van der Waals surface area contributed by atoms with Gasteiger partial charge in [-0.1, -0.05) is 12.1 Å². The van der Waals surface area contributed by atoms with Crippen LogP contribution < -0.4 is 0 Å². The molecule has 0 atom stereocenters. The second kappa shape index (κ2) is 8.81. The standard InChI is InChI=1S/C20H18F3N3O6S/c1-33(31,32)15-11-13(10-14(12-15)26(29)30)18(27)24-6-8-25(9-7-24)19(28)16-4-2-3-5-17(16)20(21,22)23/h2-5,10-12H,6-9H2,1H3. The van der Waals surface area contributed by atoms with Crippen LogP contribution in [0.1, 0.15) is 26.3 Å². The molecule has 0 N–H and O–H groups in total. The molecule has 1 fully saturated rings. The van der Waals surface area contributed by atoms with Crippen molar-refractivity contribution in [3.8, 4) is 0 Å². The van der Waals surface area contributed by atoms with E-state index < -0.39 is 54.5 Å². The summed E-state index contributed by atoms with van der Waals surface area (Å²) in [6, 6.07) is 7.23. The third kappa shape index (κ3) is 5.30. The van der Waals surface area contributed by atoms with E-state index >= 15 is 0 Å². The van der Waals surface area contributed by atoms with Gasteiger partial charge in [-0.25, -0.2) is 8.42 Å². The molecule has 1 saturated heterocycles. The molecule has 0 spiro atoms. The highest BCUT2D eigenvalue weighted by Gasteiger charge is 2.36. The smallest absolute Gasteiger partial charge is 0.335 e. The van der Waals surface area contributed by atoms with Gasteiger partial charge in [-0.15, -0.1) is 0 Å². The van der Waals surface area contributed by atoms with Crippen LogP contribution in [0.25, 0.3) is 0 Å². The second-order valence-corrected chi connectivity index (χ2v) is 9.39. The molecule has 0 bridgehead atoms. The zero-order chi connectivity index (χ0) is 24.6. The Hall–Kier alpha value is -3.48. The zero-order valence-corrected chi connectivity index (χ0v) is 18.0. The minimum absolute atomic E-state index is 0.0460. The van der Waals surface area contributed by atoms with Gasteiger partial charge in [0.25, 0.3) is 17.5 Å². The SMILES string of the molecule is CS(=O)(=O)c1cc(C(=O)N2CCN(C(=O)c3ccccc3C(F)(F)F)CC2)cc([N+](=O)[O-])c1. The second-order valence-electron chi connectivity index (χ2n) is 7.37. The van der Waals surface area contributed by atoms with Crippen LogP contribution in [0.5, 0.6) is 0 Å². The Morgan fingerprint density at radius 1 is 0.970 bits per heavy atom. The maximum Gasteiger partial charge on any atom is 0.417 e. The Morgan fingerprint density at radius 2 is 1.52 bits per heavy atom. The van der Waals surface area contributed by atoms with Crippen LogP contribution in [0.4, 0.5) is 18.9 Å². The van der Waals surface area contributed by atoms with Crippen LogP contribution in [0.3, 0.4) is 0 Å². The lowest BCUT2D eigenvalue weighted by atomic mass is 10.1. The summed E-state index contributed by atoms with van der Waals surface area (Å²) in [6.45, 7) is -0.222. The maximum absolute atomic E-state index is 13.2. The van der Waals surface area contributed by atoms with Crippen molar-refractivity contribution in [2.24, 2.45) is 0 Å². The van der Waals surface area contributed by atoms with E-state index in [1.807, 2.05) is 0 Å². The number of piperazine rings is 1. The van der Waals surface area contributed by atoms with E-state index in [4.69, 9.17) is 0 Å². The van der Waals surface area contributed by atoms with Crippen LogP contribution in [-0.4, -0.2) is 67.4 Å². The molecule has 2 amide bonds. The van der Waals surface area contributed by atoms with Crippen molar-refractivity contribution in [2.45, 2.75) is 11.1 Å². The Bertz CT molecular complexity index is 1220. The number of halogens is 3. The summed E-state index contributed by atoms with van der Waals surface area (Å²) in [7, 11) is -3.83. The monoisotopic (exact) mass is 485 g/mol. The molecule has 2 aromatic carbocycles. The fraction of sp³-hybridized carbons (Fsp3) is 0.300. The molecule has 0 aromatic heterocycles. The lowest BCUT2D eigenvalue weighted by Gasteiger charge is -2.35. The predicted octanol–water partition coefficient (Wildman–Crippen LogP) is 2.62. The number of rotatable bonds is 4. The van der Waals surface area contributed by atoms with Gasteiger partial charge >= 0.3 is 6.18 Å². The lowest BCUT2D eigenvalue weighted by molar-refractivity contribution is -0.385. The first-order chi connectivity index (χ1) is 15.3. The molecule has 13 heteroatoms. The van der Waals surface area contributed by atoms with Gasteiger partial charge in [0, 0.05) is 50.1 Å². The van der Waals surface area contributed by atoms with E-state index in [9.17, 15) is 41.3 Å². The fourth-order valence-corrected chi connectivity index (χ4v) is 4.08. The molecule has 2 aromatic rings. The maximum atomic E-state index is 13.2. The molecule has 3 rings (SSSR count). The molecule has 0 saturated carbocycles. The number of carbonyl (C=O) groups excluding carboxylic acids is 2. The third-order valence-electron chi connectivity index (χ3n) is 5.09. The summed E-state index contributed by atoms with van der Waals surface area (Å²) in [5, 5.41) is 11.1. The fourth-order valence-electron chi connectivity index (χ4n) is 3.41. The van der Waals surface area contributed by atoms with Crippen molar-refractivity contribution in [2.75, 3.05) is 32.4 Å². The molecular formula is C20H18F3N3O6S. The van der Waals surface area contributed by atoms with E-state index in [2.05, 4.69) is 0 Å². The van der Waals surface area contributed by atoms with Gasteiger partial charge in [0.1, 0.15) is 0 Å². The molecule has 9 nitrogen and oxygen atoms in total. The summed E-state index contributed by atoms with van der Waals surface area (Å²) in [5.41, 5.74) is -2.34. The van der Waals surface area contributed by atoms with Gasteiger partial charge in [0.2, 0.25) is 0 Å². The van der Waals surface area contributed by atoms with Crippen LogP contribution in [0.15, 0.2) is 47.4 Å². The Labute approximate surface area is 186 Å². The molecule has 0 aliphatic carbocycles. The number of benzene rings is 2. The summed E-state index contributed by atoms with van der Waals surface area (Å²) in [6.07, 6.45) is -3.85. The number of alkyl halides is 3. The first kappa shape index (κ1) is 24.2. The van der Waals surface area contributed by atoms with Crippen molar-refractivity contribution in [3.63, 3.8) is 0 Å². The van der Waals surface area contributed by atoms with E-state index in [-0.39, 0.29) is 31.7 Å². The van der Waals surface area contributed by atoms with E-state index in [1.54, 1.807) is 0 Å². The Kier molecular flexibility index (Phi) is 6.45. The Balaban J connectivity index is 1.78. The topological polar surface area (TPSA) is 118 Å². The molecule has 176 valence electrons. The highest BCUT2D eigenvalue weighted by Crippen LogP contribution is 2.32. The number of hydrogen-bond donors (Lipinski definition) is 0. The van der Waals surface area contributed by atoms with E-state index in [0.29, 0.717) is 0 Å². The van der Waals surface area contributed by atoms with Crippen LogP contribution in [0.2, 0.25) is 0 Å². The van der Waals surface area contributed by atoms with Crippen molar-refractivity contribution in [1.29, 1.82) is 0 Å². The molecule has 1 aliphatic rings. The normalized spacial score (nSPS) is 14.8. The van der Waals surface area contributed by atoms with Gasteiger partial charge in [-0.2, -0.15) is 13.2 Å². The number of nitro benzene ring substituents is 1. The molecular weight excluding hydrogens is 467 g/mol. The highest BCUT2D eigenvalue weighted by atomic mass is 32.2. The van der Waals surface area contributed by atoms with Crippen LogP contribution >= 0.6 is 0 Å². The average molecular weight is 485 g/mol. The first-order valence-corrected chi connectivity index (χ1v) is 11.4. The number of sulfone groups is 1. The number of carbonyl (C=O) groups is 2. The van der Waals surface area contributed by atoms with Gasteiger partial charge in [0.15, 0.2) is 9.84 Å². The number of non-ortho nitro benzene ring substituents is 1. The van der Waals surface area contributed by atoms with Gasteiger partial charge in [-0.3, -0.25) is 19.7 Å². The van der Waals surface area contributed by atoms with Crippen LogP contribution in [-0.2, 0) is 16.0 Å².